The molecule has 2 rings (SSSR count). The van der Waals surface area contributed by atoms with Crippen LogP contribution in [0.25, 0.3) is 0 Å². The number of ether oxygens (including phenoxy) is 1. The lowest BCUT2D eigenvalue weighted by atomic mass is 10.3. The van der Waals surface area contributed by atoms with Gasteiger partial charge in [0.25, 0.3) is 0 Å². The van der Waals surface area contributed by atoms with Gasteiger partial charge < -0.3 is 9.64 Å². The summed E-state index contributed by atoms with van der Waals surface area (Å²) in [6.45, 7) is 5.89. The van der Waals surface area contributed by atoms with E-state index in [0.717, 1.165) is 45.1 Å². The van der Waals surface area contributed by atoms with Crippen molar-refractivity contribution in [2.45, 2.75) is 0 Å². The van der Waals surface area contributed by atoms with E-state index in [1.807, 2.05) is 12.1 Å². The zero-order valence-corrected chi connectivity index (χ0v) is 9.72. The second kappa shape index (κ2) is 5.82. The molecule has 0 spiro atoms. The molecule has 0 bridgehead atoms. The summed E-state index contributed by atoms with van der Waals surface area (Å²) in [6.07, 6.45) is 4.74. The molecule has 1 aliphatic heterocycles. The van der Waals surface area contributed by atoms with E-state index in [1.165, 1.54) is 0 Å². The zero-order valence-electron chi connectivity index (χ0n) is 9.72. The largest absolute Gasteiger partial charge is 0.379 e. The average molecular weight is 220 g/mol. The summed E-state index contributed by atoms with van der Waals surface area (Å²) < 4.78 is 5.32. The maximum absolute atomic E-state index is 5.32. The molecule has 0 unspecified atom stereocenters. The number of nitrogens with zero attached hydrogens (tertiary/aromatic N) is 3. The highest BCUT2D eigenvalue weighted by atomic mass is 16.5. The highest BCUT2D eigenvalue weighted by molar-refractivity contribution is 5.41. The van der Waals surface area contributed by atoms with Crippen LogP contribution in [0.2, 0.25) is 0 Å². The second-order valence-corrected chi connectivity index (χ2v) is 4.01. The molecule has 0 aliphatic carbocycles. The fourth-order valence-electron chi connectivity index (χ4n) is 1.77. The average Bonchev–Trinajstić information content (AvgIpc) is 2.38. The van der Waals surface area contributed by atoms with Crippen LogP contribution in [0.1, 0.15) is 0 Å². The third kappa shape index (κ3) is 3.18. The molecule has 1 aromatic rings. The molecule has 1 aromatic heterocycles. The van der Waals surface area contributed by atoms with Crippen LogP contribution < -0.4 is 4.90 Å². The monoisotopic (exact) mass is 220 g/mol. The van der Waals surface area contributed by atoms with Crippen LogP contribution in [0.15, 0.2) is 18.3 Å². The Kier molecular flexibility index (Phi) is 4.13. The van der Waals surface area contributed by atoms with Crippen molar-refractivity contribution in [3.63, 3.8) is 0 Å². The Balaban J connectivity index is 1.77. The van der Waals surface area contributed by atoms with Crippen molar-refractivity contribution in [3.8, 4) is 0 Å². The molecule has 0 aromatic carbocycles. The van der Waals surface area contributed by atoms with Gasteiger partial charge in [0.1, 0.15) is 6.20 Å². The Hall–Kier alpha value is -1.13. The number of morpholine rings is 1. The summed E-state index contributed by atoms with van der Waals surface area (Å²) >= 11 is 0. The summed E-state index contributed by atoms with van der Waals surface area (Å²) in [5, 5.41) is 0. The van der Waals surface area contributed by atoms with Gasteiger partial charge in [-0.15, -0.1) is 0 Å². The molecule has 87 valence electrons. The third-order valence-corrected chi connectivity index (χ3v) is 2.86. The van der Waals surface area contributed by atoms with E-state index in [9.17, 15) is 0 Å². The molecule has 4 heteroatoms. The molecule has 1 aliphatic rings. The van der Waals surface area contributed by atoms with Crippen LogP contribution in [0.5, 0.6) is 0 Å². The summed E-state index contributed by atoms with van der Waals surface area (Å²) in [4.78, 5) is 8.61. The zero-order chi connectivity index (χ0) is 11.2. The lowest BCUT2D eigenvalue weighted by Gasteiger charge is -2.29. The normalized spacial score (nSPS) is 17.3. The van der Waals surface area contributed by atoms with Gasteiger partial charge in [0.15, 0.2) is 0 Å². The van der Waals surface area contributed by atoms with Crippen LogP contribution in [-0.4, -0.2) is 56.3 Å². The van der Waals surface area contributed by atoms with Crippen molar-refractivity contribution in [1.82, 2.24) is 9.88 Å². The van der Waals surface area contributed by atoms with E-state index in [2.05, 4.69) is 28.0 Å². The molecule has 4 nitrogen and oxygen atoms in total. The molecule has 1 radical (unpaired) electrons. The predicted octanol–water partition coefficient (Wildman–Crippen LogP) is 0.650. The third-order valence-electron chi connectivity index (χ3n) is 2.86. The van der Waals surface area contributed by atoms with Crippen LogP contribution in [-0.2, 0) is 4.74 Å². The maximum Gasteiger partial charge on any atom is 0.114 e. The molecular formula is C12H18N3O. The highest BCUT2D eigenvalue weighted by Crippen LogP contribution is 2.08. The fourth-order valence-corrected chi connectivity index (χ4v) is 1.77. The first kappa shape index (κ1) is 11.4. The molecule has 0 N–H and O–H groups in total. The van der Waals surface area contributed by atoms with E-state index in [4.69, 9.17) is 4.74 Å². The minimum absolute atomic E-state index is 0.864. The minimum atomic E-state index is 0.864. The Labute approximate surface area is 96.8 Å². The van der Waals surface area contributed by atoms with Crippen LogP contribution >= 0.6 is 0 Å². The number of hydrogen-bond donors (Lipinski definition) is 0. The quantitative estimate of drug-likeness (QED) is 0.745. The van der Waals surface area contributed by atoms with Gasteiger partial charge >= 0.3 is 0 Å². The van der Waals surface area contributed by atoms with Crippen molar-refractivity contribution in [3.05, 3.63) is 24.5 Å². The van der Waals surface area contributed by atoms with Crippen LogP contribution in [0.3, 0.4) is 0 Å². The number of rotatable bonds is 4. The van der Waals surface area contributed by atoms with E-state index in [0.29, 0.717) is 0 Å². The summed E-state index contributed by atoms with van der Waals surface area (Å²) in [6, 6.07) is 3.98. The van der Waals surface area contributed by atoms with E-state index >= 15 is 0 Å². The Morgan fingerprint density at radius 3 is 3.00 bits per heavy atom. The van der Waals surface area contributed by atoms with Gasteiger partial charge in [-0.05, 0) is 12.1 Å². The fraction of sp³-hybridized carbons (Fsp3) is 0.583. The summed E-state index contributed by atoms with van der Waals surface area (Å²) in [5.41, 5.74) is 1.05. The number of aromatic nitrogens is 1. The van der Waals surface area contributed by atoms with Gasteiger partial charge in [0.2, 0.25) is 0 Å². The maximum atomic E-state index is 5.32. The minimum Gasteiger partial charge on any atom is -0.379 e. The second-order valence-electron chi connectivity index (χ2n) is 4.01. The molecule has 2 heterocycles. The first-order valence-corrected chi connectivity index (χ1v) is 5.70. The highest BCUT2D eigenvalue weighted by Gasteiger charge is 2.10. The van der Waals surface area contributed by atoms with Crippen molar-refractivity contribution < 1.29 is 4.74 Å². The van der Waals surface area contributed by atoms with Crippen molar-refractivity contribution in [2.75, 3.05) is 51.3 Å². The van der Waals surface area contributed by atoms with Crippen LogP contribution in [0, 0.1) is 6.20 Å². The molecular weight excluding hydrogens is 202 g/mol. The Morgan fingerprint density at radius 1 is 1.50 bits per heavy atom. The van der Waals surface area contributed by atoms with Gasteiger partial charge in [0.05, 0.1) is 18.9 Å². The van der Waals surface area contributed by atoms with Crippen molar-refractivity contribution in [2.24, 2.45) is 0 Å². The standard InChI is InChI=1S/C12H18N3O/c1-14(12-3-2-4-13-11-12)5-6-15-7-9-16-10-8-15/h2-4H,5-10H2,1H3. The molecule has 1 saturated heterocycles. The van der Waals surface area contributed by atoms with Gasteiger partial charge in [-0.25, -0.2) is 0 Å². The van der Waals surface area contributed by atoms with Gasteiger partial charge in [-0.1, -0.05) is 0 Å². The molecule has 0 atom stereocenters. The first-order chi connectivity index (χ1) is 7.86. The number of hydrogen-bond acceptors (Lipinski definition) is 4. The van der Waals surface area contributed by atoms with E-state index < -0.39 is 0 Å². The van der Waals surface area contributed by atoms with Crippen molar-refractivity contribution >= 4 is 5.69 Å². The number of pyridine rings is 1. The van der Waals surface area contributed by atoms with Crippen LogP contribution in [0.4, 0.5) is 5.69 Å². The molecule has 0 saturated carbocycles. The van der Waals surface area contributed by atoms with Crippen molar-refractivity contribution in [1.29, 1.82) is 0 Å². The lowest BCUT2D eigenvalue weighted by Crippen LogP contribution is -2.40. The van der Waals surface area contributed by atoms with Gasteiger partial charge in [0, 0.05) is 39.4 Å². The summed E-state index contributed by atoms with van der Waals surface area (Å²) in [5.74, 6) is 0. The molecule has 0 amide bonds. The predicted molar refractivity (Wildman–Crippen MR) is 63.6 cm³/mol. The lowest BCUT2D eigenvalue weighted by molar-refractivity contribution is 0.0393. The van der Waals surface area contributed by atoms with E-state index in [-0.39, 0.29) is 0 Å². The Bertz CT molecular complexity index is 298. The first-order valence-electron chi connectivity index (χ1n) is 5.70. The Morgan fingerprint density at radius 2 is 2.31 bits per heavy atom. The topological polar surface area (TPSA) is 28.6 Å². The smallest absolute Gasteiger partial charge is 0.114 e. The molecule has 1 fully saturated rings. The van der Waals surface area contributed by atoms with Gasteiger partial charge in [-0.3, -0.25) is 9.88 Å². The number of likely N-dealkylation sites (N-methyl/N-ethyl adjacent to an activating group) is 1. The summed E-state index contributed by atoms with van der Waals surface area (Å²) in [7, 11) is 2.08. The van der Waals surface area contributed by atoms with E-state index in [1.54, 1.807) is 6.20 Å². The molecule has 16 heavy (non-hydrogen) atoms. The number of anilines is 1. The SMILES string of the molecule is CN(CCN1CCOCC1)c1[c]nccc1. The van der Waals surface area contributed by atoms with Gasteiger partial charge in [-0.2, -0.15) is 0 Å².